The third kappa shape index (κ3) is 1.18. The topological polar surface area (TPSA) is 19.0 Å². The van der Waals surface area contributed by atoms with Crippen LogP contribution in [-0.4, -0.2) is 19.1 Å². The molecule has 0 fully saturated rings. The second kappa shape index (κ2) is 2.80. The van der Waals surface area contributed by atoms with E-state index in [9.17, 15) is 0 Å². The number of aromatic amines is 1. The van der Waals surface area contributed by atoms with Gasteiger partial charge in [0, 0.05) is 25.0 Å². The second-order valence-corrected chi connectivity index (χ2v) is 3.54. The average molecular weight is 174 g/mol. The van der Waals surface area contributed by atoms with Crippen molar-refractivity contribution in [2.45, 2.75) is 6.92 Å². The normalized spacial score (nSPS) is 10.7. The summed E-state index contributed by atoms with van der Waals surface area (Å²) in [6.45, 7) is 2.15. The summed E-state index contributed by atoms with van der Waals surface area (Å²) in [5.74, 6) is 1.20. The molecule has 0 unspecified atom stereocenters. The molecule has 1 aromatic heterocycles. The molecule has 0 amide bonds. The van der Waals surface area contributed by atoms with Gasteiger partial charge in [0.2, 0.25) is 0 Å². The summed E-state index contributed by atoms with van der Waals surface area (Å²) >= 11 is 0. The summed E-state index contributed by atoms with van der Waals surface area (Å²) in [6, 6.07) is 8.38. The van der Waals surface area contributed by atoms with Crippen LogP contribution in [0.1, 0.15) is 5.56 Å². The molecule has 0 saturated heterocycles. The van der Waals surface area contributed by atoms with Gasteiger partial charge in [-0.3, -0.25) is 0 Å². The van der Waals surface area contributed by atoms with Crippen LogP contribution in [-0.2, 0) is 0 Å². The molecule has 0 radical (unpaired) electrons. The number of hydrogen-bond donors (Lipinski definition) is 1. The first-order valence-electron chi connectivity index (χ1n) is 4.45. The lowest BCUT2D eigenvalue weighted by atomic mass is 10.2. The van der Waals surface area contributed by atoms with Crippen LogP contribution in [0.15, 0.2) is 24.3 Å². The molecular formula is C11H14N2. The van der Waals surface area contributed by atoms with Gasteiger partial charge < -0.3 is 9.88 Å². The molecule has 2 rings (SSSR count). The van der Waals surface area contributed by atoms with Crippen molar-refractivity contribution in [2.75, 3.05) is 19.0 Å². The van der Waals surface area contributed by atoms with Gasteiger partial charge in [-0.25, -0.2) is 0 Å². The van der Waals surface area contributed by atoms with Crippen molar-refractivity contribution in [2.24, 2.45) is 0 Å². The number of fused-ring (bicyclic) bond motifs is 1. The Hall–Kier alpha value is -1.44. The summed E-state index contributed by atoms with van der Waals surface area (Å²) in [5.41, 5.74) is 2.53. The van der Waals surface area contributed by atoms with Gasteiger partial charge >= 0.3 is 0 Å². The van der Waals surface area contributed by atoms with E-state index in [1.165, 1.54) is 22.3 Å². The largest absolute Gasteiger partial charge is 0.364 e. The van der Waals surface area contributed by atoms with E-state index in [0.717, 1.165) is 0 Å². The molecule has 0 saturated carbocycles. The van der Waals surface area contributed by atoms with E-state index in [1.54, 1.807) is 0 Å². The van der Waals surface area contributed by atoms with E-state index in [0.29, 0.717) is 0 Å². The molecule has 1 aromatic carbocycles. The minimum atomic E-state index is 1.20. The zero-order valence-electron chi connectivity index (χ0n) is 8.26. The van der Waals surface area contributed by atoms with Gasteiger partial charge in [-0.15, -0.1) is 0 Å². The predicted molar refractivity (Wildman–Crippen MR) is 57.4 cm³/mol. The summed E-state index contributed by atoms with van der Waals surface area (Å²) in [7, 11) is 4.11. The van der Waals surface area contributed by atoms with Gasteiger partial charge in [0.25, 0.3) is 0 Å². The van der Waals surface area contributed by atoms with Crippen LogP contribution < -0.4 is 4.90 Å². The number of anilines is 1. The molecule has 2 nitrogen and oxygen atoms in total. The molecule has 2 heteroatoms. The molecule has 13 heavy (non-hydrogen) atoms. The van der Waals surface area contributed by atoms with Crippen molar-refractivity contribution in [1.29, 1.82) is 0 Å². The zero-order valence-corrected chi connectivity index (χ0v) is 8.26. The van der Waals surface area contributed by atoms with Crippen molar-refractivity contribution >= 4 is 16.7 Å². The lowest BCUT2D eigenvalue weighted by Crippen LogP contribution is -2.09. The van der Waals surface area contributed by atoms with Crippen LogP contribution in [0.25, 0.3) is 10.9 Å². The van der Waals surface area contributed by atoms with Crippen molar-refractivity contribution < 1.29 is 0 Å². The minimum Gasteiger partial charge on any atom is -0.364 e. The third-order valence-electron chi connectivity index (χ3n) is 2.39. The quantitative estimate of drug-likeness (QED) is 0.704. The maximum Gasteiger partial charge on any atom is 0.109 e. The number of para-hydroxylation sites is 1. The molecule has 0 spiro atoms. The first-order valence-corrected chi connectivity index (χ1v) is 4.45. The maximum atomic E-state index is 3.39. The lowest BCUT2D eigenvalue weighted by molar-refractivity contribution is 1.08. The fraction of sp³-hybridized carbons (Fsp3) is 0.273. The van der Waals surface area contributed by atoms with Crippen LogP contribution in [0.2, 0.25) is 0 Å². The highest BCUT2D eigenvalue weighted by Crippen LogP contribution is 2.26. The molecule has 0 aliphatic heterocycles. The van der Waals surface area contributed by atoms with Crippen molar-refractivity contribution in [3.05, 3.63) is 29.8 Å². The van der Waals surface area contributed by atoms with Gasteiger partial charge in [0.15, 0.2) is 0 Å². The summed E-state index contributed by atoms with van der Waals surface area (Å²) in [4.78, 5) is 5.50. The van der Waals surface area contributed by atoms with E-state index in [1.807, 2.05) is 0 Å². The number of hydrogen-bond acceptors (Lipinski definition) is 1. The number of rotatable bonds is 1. The Morgan fingerprint density at radius 2 is 1.85 bits per heavy atom. The second-order valence-electron chi connectivity index (χ2n) is 3.54. The SMILES string of the molecule is Cc1c(N(C)C)[nH]c2ccccc12. The van der Waals surface area contributed by atoms with Gasteiger partial charge in [0.05, 0.1) is 0 Å². The molecule has 0 aliphatic carbocycles. The number of benzene rings is 1. The molecule has 0 atom stereocenters. The summed E-state index contributed by atoms with van der Waals surface area (Å²) < 4.78 is 0. The first-order chi connectivity index (χ1) is 6.20. The molecular weight excluding hydrogens is 160 g/mol. The van der Waals surface area contributed by atoms with Gasteiger partial charge in [-0.2, -0.15) is 0 Å². The Bertz CT molecular complexity index is 427. The maximum absolute atomic E-state index is 3.39. The first kappa shape index (κ1) is 8.17. The Balaban J connectivity index is 2.74. The minimum absolute atomic E-state index is 1.20. The van der Waals surface area contributed by atoms with Crippen molar-refractivity contribution in [1.82, 2.24) is 4.98 Å². The smallest absolute Gasteiger partial charge is 0.109 e. The van der Waals surface area contributed by atoms with E-state index in [2.05, 4.69) is 55.2 Å². The number of aryl methyl sites for hydroxylation is 1. The highest BCUT2D eigenvalue weighted by Gasteiger charge is 2.07. The Morgan fingerprint density at radius 1 is 1.15 bits per heavy atom. The standard InChI is InChI=1S/C11H14N2/c1-8-9-6-4-5-7-10(9)12-11(8)13(2)3/h4-7,12H,1-3H3. The Labute approximate surface area is 78.2 Å². The van der Waals surface area contributed by atoms with E-state index in [4.69, 9.17) is 0 Å². The Morgan fingerprint density at radius 3 is 2.46 bits per heavy atom. The van der Waals surface area contributed by atoms with Gasteiger partial charge in [-0.05, 0) is 18.6 Å². The molecule has 1 N–H and O–H groups in total. The average Bonchev–Trinajstić information content (AvgIpc) is 2.45. The fourth-order valence-corrected chi connectivity index (χ4v) is 1.72. The number of H-pyrrole nitrogens is 1. The predicted octanol–water partition coefficient (Wildman–Crippen LogP) is 2.54. The molecule has 68 valence electrons. The van der Waals surface area contributed by atoms with E-state index >= 15 is 0 Å². The van der Waals surface area contributed by atoms with E-state index in [-0.39, 0.29) is 0 Å². The van der Waals surface area contributed by atoms with Crippen LogP contribution in [0, 0.1) is 6.92 Å². The van der Waals surface area contributed by atoms with Crippen LogP contribution in [0.4, 0.5) is 5.82 Å². The van der Waals surface area contributed by atoms with Crippen molar-refractivity contribution in [3.8, 4) is 0 Å². The number of aromatic nitrogens is 1. The monoisotopic (exact) mass is 174 g/mol. The Kier molecular flexibility index (Phi) is 1.76. The number of nitrogens with zero attached hydrogens (tertiary/aromatic N) is 1. The summed E-state index contributed by atoms with van der Waals surface area (Å²) in [6.07, 6.45) is 0. The molecule has 2 aromatic rings. The third-order valence-corrected chi connectivity index (χ3v) is 2.39. The fourth-order valence-electron chi connectivity index (χ4n) is 1.72. The van der Waals surface area contributed by atoms with Crippen LogP contribution in [0.5, 0.6) is 0 Å². The van der Waals surface area contributed by atoms with E-state index < -0.39 is 0 Å². The summed E-state index contributed by atoms with van der Waals surface area (Å²) in [5, 5.41) is 1.31. The lowest BCUT2D eigenvalue weighted by Gasteiger charge is -2.10. The number of nitrogens with one attached hydrogen (secondary N) is 1. The highest BCUT2D eigenvalue weighted by atomic mass is 15.1. The zero-order chi connectivity index (χ0) is 9.42. The van der Waals surface area contributed by atoms with Crippen LogP contribution in [0.3, 0.4) is 0 Å². The van der Waals surface area contributed by atoms with Crippen LogP contribution >= 0.6 is 0 Å². The molecule has 0 aliphatic rings. The molecule has 1 heterocycles. The van der Waals surface area contributed by atoms with Gasteiger partial charge in [0.1, 0.15) is 5.82 Å². The van der Waals surface area contributed by atoms with Gasteiger partial charge in [-0.1, -0.05) is 18.2 Å². The highest BCUT2D eigenvalue weighted by molar-refractivity contribution is 5.88. The molecule has 0 bridgehead atoms. The van der Waals surface area contributed by atoms with Crippen molar-refractivity contribution in [3.63, 3.8) is 0 Å².